The van der Waals surface area contributed by atoms with Gasteiger partial charge in [-0.05, 0) is 18.6 Å². The van der Waals surface area contributed by atoms with Crippen LogP contribution < -0.4 is 16.3 Å². The average Bonchev–Trinajstić information content (AvgIpc) is 3.03. The number of carbonyl (C=O) groups is 2. The molecule has 0 bridgehead atoms. The Kier molecular flexibility index (Phi) is 7.67. The zero-order valence-corrected chi connectivity index (χ0v) is 15.7. The molecule has 3 N–H and O–H groups in total. The van der Waals surface area contributed by atoms with Crippen LogP contribution in [-0.2, 0) is 16.1 Å². The van der Waals surface area contributed by atoms with Crippen molar-refractivity contribution in [3.8, 4) is 0 Å². The Labute approximate surface area is 161 Å². The minimum Gasteiger partial charge on any atom is -0.346 e. The highest BCUT2D eigenvalue weighted by atomic mass is 32.2. The Morgan fingerprint density at radius 2 is 1.96 bits per heavy atom. The average molecular weight is 417 g/mol. The fraction of sp³-hybridized carbons (Fsp3) is 0.375. The summed E-state index contributed by atoms with van der Waals surface area (Å²) in [4.78, 5) is 35.2. The van der Waals surface area contributed by atoms with Crippen LogP contribution >= 0.6 is 11.8 Å². The van der Waals surface area contributed by atoms with Gasteiger partial charge in [-0.25, -0.2) is 23.1 Å². The second-order valence-corrected chi connectivity index (χ2v) is 6.60. The second kappa shape index (κ2) is 9.97. The molecule has 2 amide bonds. The molecule has 1 aromatic heterocycles. The molecule has 28 heavy (non-hydrogen) atoms. The normalized spacial score (nSPS) is 10.7. The Morgan fingerprint density at radius 1 is 1.21 bits per heavy atom. The number of benzene rings is 1. The van der Waals surface area contributed by atoms with Crippen LogP contribution in [0.3, 0.4) is 0 Å². The highest BCUT2D eigenvalue weighted by molar-refractivity contribution is 7.99. The van der Waals surface area contributed by atoms with E-state index >= 15 is 0 Å². The van der Waals surface area contributed by atoms with Crippen molar-refractivity contribution < 1.29 is 22.8 Å². The lowest BCUT2D eigenvalue weighted by Crippen LogP contribution is -2.34. The van der Waals surface area contributed by atoms with Crippen molar-refractivity contribution >= 4 is 29.3 Å². The predicted molar refractivity (Wildman–Crippen MR) is 96.4 cm³/mol. The number of rotatable bonds is 9. The molecule has 0 fully saturated rings. The molecule has 0 aliphatic rings. The van der Waals surface area contributed by atoms with E-state index < -0.39 is 41.5 Å². The SMILES string of the molecule is CCCCn1c(SCC(=O)NCC(=O)Nc2ccc(F)c(F)c2F)n[nH]c1=O. The summed E-state index contributed by atoms with van der Waals surface area (Å²) in [6, 6.07) is 1.54. The van der Waals surface area contributed by atoms with Gasteiger partial charge in [0.25, 0.3) is 0 Å². The number of carbonyl (C=O) groups excluding carboxylic acids is 2. The van der Waals surface area contributed by atoms with Gasteiger partial charge in [0.1, 0.15) is 0 Å². The first-order valence-electron chi connectivity index (χ1n) is 8.31. The third-order valence-electron chi connectivity index (χ3n) is 3.55. The monoisotopic (exact) mass is 417 g/mol. The molecule has 1 aromatic carbocycles. The number of H-pyrrole nitrogens is 1. The molecular weight excluding hydrogens is 399 g/mol. The summed E-state index contributed by atoms with van der Waals surface area (Å²) >= 11 is 1.01. The highest BCUT2D eigenvalue weighted by Gasteiger charge is 2.16. The summed E-state index contributed by atoms with van der Waals surface area (Å²) in [5.41, 5.74) is -0.909. The standard InChI is InChI=1S/C16H18F3N5O3S/c1-2-3-6-24-15(27)22-23-16(24)28-8-12(26)20-7-11(25)21-10-5-4-9(17)13(18)14(10)19/h4-5H,2-3,6-8H2,1H3,(H,20,26)(H,21,25)(H,22,27). The number of halogens is 3. The minimum atomic E-state index is -1.70. The number of nitrogens with one attached hydrogen (secondary N) is 3. The molecule has 0 atom stereocenters. The molecule has 12 heteroatoms. The van der Waals surface area contributed by atoms with E-state index in [-0.39, 0.29) is 11.4 Å². The molecule has 0 radical (unpaired) electrons. The Hall–Kier alpha value is -2.76. The molecule has 152 valence electrons. The number of aromatic amines is 1. The van der Waals surface area contributed by atoms with Crippen LogP contribution in [0.4, 0.5) is 18.9 Å². The molecule has 0 spiro atoms. The van der Waals surface area contributed by atoms with Gasteiger partial charge in [-0.2, -0.15) is 0 Å². The van der Waals surface area contributed by atoms with Crippen molar-refractivity contribution in [1.82, 2.24) is 20.1 Å². The molecule has 8 nitrogen and oxygen atoms in total. The summed E-state index contributed by atoms with van der Waals surface area (Å²) in [5, 5.41) is 10.8. The zero-order valence-electron chi connectivity index (χ0n) is 14.9. The topological polar surface area (TPSA) is 109 Å². The smallest absolute Gasteiger partial charge is 0.343 e. The summed E-state index contributed by atoms with van der Waals surface area (Å²) in [6.45, 7) is 1.95. The third kappa shape index (κ3) is 5.62. The first-order valence-corrected chi connectivity index (χ1v) is 9.30. The number of amides is 2. The molecule has 0 aliphatic carbocycles. The number of hydrogen-bond acceptors (Lipinski definition) is 5. The summed E-state index contributed by atoms with van der Waals surface area (Å²) in [6.07, 6.45) is 1.66. The van der Waals surface area contributed by atoms with Crippen molar-refractivity contribution in [2.75, 3.05) is 17.6 Å². The van der Waals surface area contributed by atoms with Crippen LogP contribution in [-0.4, -0.2) is 38.9 Å². The number of unbranched alkanes of at least 4 members (excludes halogenated alkanes) is 1. The van der Waals surface area contributed by atoms with E-state index in [9.17, 15) is 27.6 Å². The van der Waals surface area contributed by atoms with Crippen molar-refractivity contribution in [2.24, 2.45) is 0 Å². The molecule has 2 rings (SSSR count). The zero-order chi connectivity index (χ0) is 20.7. The fourth-order valence-electron chi connectivity index (χ4n) is 2.10. The van der Waals surface area contributed by atoms with E-state index in [2.05, 4.69) is 15.5 Å². The van der Waals surface area contributed by atoms with E-state index in [4.69, 9.17) is 0 Å². The van der Waals surface area contributed by atoms with Crippen molar-refractivity contribution in [1.29, 1.82) is 0 Å². The Bertz CT molecular complexity index is 915. The van der Waals surface area contributed by atoms with Gasteiger partial charge in [0.15, 0.2) is 22.6 Å². The molecule has 1 heterocycles. The molecule has 0 aliphatic heterocycles. The van der Waals surface area contributed by atoms with Gasteiger partial charge in [-0.3, -0.25) is 14.2 Å². The molecule has 2 aromatic rings. The van der Waals surface area contributed by atoms with Crippen LogP contribution in [0.1, 0.15) is 19.8 Å². The number of anilines is 1. The number of hydrogen-bond donors (Lipinski definition) is 3. The van der Waals surface area contributed by atoms with Crippen molar-refractivity contribution in [3.63, 3.8) is 0 Å². The Balaban J connectivity index is 1.82. The Morgan fingerprint density at radius 3 is 2.68 bits per heavy atom. The third-order valence-corrected chi connectivity index (χ3v) is 4.52. The van der Waals surface area contributed by atoms with Crippen molar-refractivity contribution in [2.45, 2.75) is 31.5 Å². The lowest BCUT2D eigenvalue weighted by atomic mass is 10.2. The van der Waals surface area contributed by atoms with Gasteiger partial charge >= 0.3 is 5.69 Å². The summed E-state index contributed by atoms with van der Waals surface area (Å²) < 4.78 is 40.9. The number of aromatic nitrogens is 3. The number of thioether (sulfide) groups is 1. The van der Waals surface area contributed by atoms with Gasteiger partial charge in [0, 0.05) is 6.54 Å². The summed E-state index contributed by atoms with van der Waals surface area (Å²) in [5.74, 6) is -6.06. The van der Waals surface area contributed by atoms with Crippen LogP contribution in [0.5, 0.6) is 0 Å². The van der Waals surface area contributed by atoms with Gasteiger partial charge < -0.3 is 10.6 Å². The van der Waals surface area contributed by atoms with Crippen LogP contribution in [0, 0.1) is 17.5 Å². The van der Waals surface area contributed by atoms with Gasteiger partial charge in [0.2, 0.25) is 11.8 Å². The second-order valence-electron chi connectivity index (χ2n) is 5.65. The maximum atomic E-state index is 13.5. The molecular formula is C16H18F3N5O3S. The lowest BCUT2D eigenvalue weighted by Gasteiger charge is -2.08. The van der Waals surface area contributed by atoms with Gasteiger partial charge in [-0.1, -0.05) is 25.1 Å². The van der Waals surface area contributed by atoms with Gasteiger partial charge in [0.05, 0.1) is 18.0 Å². The molecule has 0 unspecified atom stereocenters. The van der Waals surface area contributed by atoms with E-state index in [1.807, 2.05) is 12.2 Å². The maximum Gasteiger partial charge on any atom is 0.343 e. The molecule has 0 saturated carbocycles. The van der Waals surface area contributed by atoms with Crippen LogP contribution in [0.2, 0.25) is 0 Å². The minimum absolute atomic E-state index is 0.108. The van der Waals surface area contributed by atoms with Crippen LogP contribution in [0.25, 0.3) is 0 Å². The van der Waals surface area contributed by atoms with Gasteiger partial charge in [-0.15, -0.1) is 5.10 Å². The highest BCUT2D eigenvalue weighted by Crippen LogP contribution is 2.19. The van der Waals surface area contributed by atoms with E-state index in [0.717, 1.165) is 30.7 Å². The largest absolute Gasteiger partial charge is 0.346 e. The van der Waals surface area contributed by atoms with Crippen LogP contribution in [0.15, 0.2) is 22.1 Å². The van der Waals surface area contributed by atoms with Crippen molar-refractivity contribution in [3.05, 3.63) is 40.1 Å². The predicted octanol–water partition coefficient (Wildman–Crippen LogP) is 1.64. The van der Waals surface area contributed by atoms with E-state index in [0.29, 0.717) is 17.8 Å². The quantitative estimate of drug-likeness (QED) is 0.425. The fourth-order valence-corrected chi connectivity index (χ4v) is 2.91. The first kappa shape index (κ1) is 21.5. The lowest BCUT2D eigenvalue weighted by molar-refractivity contribution is -0.122. The first-order chi connectivity index (χ1) is 13.3. The number of nitrogens with zero attached hydrogens (tertiary/aromatic N) is 2. The summed E-state index contributed by atoms with van der Waals surface area (Å²) in [7, 11) is 0. The van der Waals surface area contributed by atoms with E-state index in [1.165, 1.54) is 4.57 Å². The molecule has 0 saturated heterocycles. The maximum absolute atomic E-state index is 13.5. The van der Waals surface area contributed by atoms with E-state index in [1.54, 1.807) is 0 Å².